The van der Waals surface area contributed by atoms with Crippen molar-refractivity contribution in [3.8, 4) is 0 Å². The quantitative estimate of drug-likeness (QED) is 0.313. The number of alkyl halides is 15. The Balaban J connectivity index is 6.51. The number of halogens is 18. The van der Waals surface area contributed by atoms with Crippen LogP contribution in [0.4, 0.5) is 79.0 Å². The monoisotopic (exact) mass is 466 g/mol. The van der Waals surface area contributed by atoms with Crippen LogP contribution in [0.25, 0.3) is 0 Å². The highest BCUT2D eigenvalue weighted by atomic mass is 19.4. The molecule has 0 amide bonds. The Morgan fingerprint density at radius 3 is 1.00 bits per heavy atom. The van der Waals surface area contributed by atoms with Crippen LogP contribution in [0.1, 0.15) is 0 Å². The fourth-order valence-corrected chi connectivity index (χ4v) is 1.17. The number of hydrogen-bond acceptors (Lipinski definition) is 1. The summed E-state index contributed by atoms with van der Waals surface area (Å²) in [6.45, 7) is 0. The molecule has 0 radical (unpaired) electrons. The van der Waals surface area contributed by atoms with E-state index in [9.17, 15) is 79.0 Å². The van der Waals surface area contributed by atoms with Gasteiger partial charge in [0.25, 0.3) is 0 Å². The minimum Gasteiger partial charge on any atom is -0.397 e. The Bertz CT molecular complexity index is 607. The zero-order chi connectivity index (χ0) is 23.4. The Kier molecular flexibility index (Phi) is 6.26. The van der Waals surface area contributed by atoms with E-state index < -0.39 is 54.0 Å². The molecule has 0 aromatic rings. The molecule has 0 atom stereocenters. The standard InChI is InChI=1S/C9F18O/c10-1(11)2(12)28-9(26,27)7(21,22)5(17,18)3(13,14)4(15,16)6(19,20)8(23,24)25. The van der Waals surface area contributed by atoms with E-state index in [1.54, 1.807) is 4.74 Å². The van der Waals surface area contributed by atoms with E-state index >= 15 is 0 Å². The van der Waals surface area contributed by atoms with Crippen LogP contribution in [0.2, 0.25) is 0 Å². The molecule has 0 aliphatic rings. The summed E-state index contributed by atoms with van der Waals surface area (Å²) in [5.74, 6) is -42.1. The largest absolute Gasteiger partial charge is 0.472 e. The SMILES string of the molecule is FC(F)=C(F)OC(F)(F)C(F)(F)C(F)(F)C(F)(F)C(F)(F)C(F)(F)C(F)(F)F. The Morgan fingerprint density at radius 2 is 0.714 bits per heavy atom. The van der Waals surface area contributed by atoms with Gasteiger partial charge in [0.1, 0.15) is 0 Å². The maximum atomic E-state index is 13.0. The number of rotatable bonds is 7. The Morgan fingerprint density at radius 1 is 0.429 bits per heavy atom. The van der Waals surface area contributed by atoms with Gasteiger partial charge in [0.05, 0.1) is 0 Å². The average Bonchev–Trinajstić information content (AvgIpc) is 2.44. The van der Waals surface area contributed by atoms with Gasteiger partial charge in [-0.15, -0.1) is 0 Å². The lowest BCUT2D eigenvalue weighted by Gasteiger charge is -2.40. The summed E-state index contributed by atoms with van der Waals surface area (Å²) in [5, 5.41) is 0. The lowest BCUT2D eigenvalue weighted by Crippen LogP contribution is -2.72. The Labute approximate surface area is 139 Å². The second kappa shape index (κ2) is 6.67. The van der Waals surface area contributed by atoms with Gasteiger partial charge in [-0.2, -0.15) is 79.0 Å². The van der Waals surface area contributed by atoms with Crippen molar-refractivity contribution >= 4 is 0 Å². The Hall–Kier alpha value is -1.72. The average molecular weight is 466 g/mol. The minimum atomic E-state index is -8.62. The molecule has 0 spiro atoms. The first-order chi connectivity index (χ1) is 11.8. The molecule has 19 heteroatoms. The summed E-state index contributed by atoms with van der Waals surface area (Å²) in [4.78, 5) is 0. The molecule has 1 nitrogen and oxygen atoms in total. The first kappa shape index (κ1) is 26.3. The van der Waals surface area contributed by atoms with Crippen LogP contribution in [0, 0.1) is 0 Å². The molecule has 0 saturated carbocycles. The number of ether oxygens (including phenoxy) is 1. The smallest absolute Gasteiger partial charge is 0.397 e. The molecule has 0 saturated heterocycles. The third-order valence-electron chi connectivity index (χ3n) is 2.67. The van der Waals surface area contributed by atoms with Crippen LogP contribution in [-0.4, -0.2) is 41.9 Å². The van der Waals surface area contributed by atoms with E-state index in [1.165, 1.54) is 0 Å². The van der Waals surface area contributed by atoms with Crippen LogP contribution in [-0.2, 0) is 4.74 Å². The molecular weight excluding hydrogens is 466 g/mol. The van der Waals surface area contributed by atoms with Gasteiger partial charge in [-0.3, -0.25) is 0 Å². The zero-order valence-corrected chi connectivity index (χ0v) is 11.7. The van der Waals surface area contributed by atoms with Crippen molar-refractivity contribution in [2.45, 2.75) is 41.9 Å². The van der Waals surface area contributed by atoms with E-state index in [1.807, 2.05) is 0 Å². The van der Waals surface area contributed by atoms with Crippen molar-refractivity contribution in [2.75, 3.05) is 0 Å². The molecule has 0 aromatic heterocycles. The predicted octanol–water partition coefficient (Wildman–Crippen LogP) is 6.37. The highest BCUT2D eigenvalue weighted by Gasteiger charge is 2.94. The molecule has 28 heavy (non-hydrogen) atoms. The minimum absolute atomic E-state index is 1.62. The lowest BCUT2D eigenvalue weighted by atomic mass is 9.93. The van der Waals surface area contributed by atoms with Crippen LogP contribution in [0.15, 0.2) is 12.1 Å². The summed E-state index contributed by atoms with van der Waals surface area (Å²) in [7, 11) is 0. The highest BCUT2D eigenvalue weighted by Crippen LogP contribution is 2.62. The molecule has 0 bridgehead atoms. The van der Waals surface area contributed by atoms with Crippen molar-refractivity contribution in [2.24, 2.45) is 0 Å². The molecule has 0 aromatic carbocycles. The van der Waals surface area contributed by atoms with Gasteiger partial charge in [0, 0.05) is 0 Å². The third kappa shape index (κ3) is 3.50. The van der Waals surface area contributed by atoms with Gasteiger partial charge >= 0.3 is 54.0 Å². The summed E-state index contributed by atoms with van der Waals surface area (Å²) in [5.41, 5.74) is 0. The molecular formula is C9F18O. The molecule has 0 N–H and O–H groups in total. The maximum absolute atomic E-state index is 13.0. The van der Waals surface area contributed by atoms with E-state index in [2.05, 4.69) is 0 Å². The van der Waals surface area contributed by atoms with Gasteiger partial charge in [-0.25, -0.2) is 0 Å². The maximum Gasteiger partial charge on any atom is 0.472 e. The van der Waals surface area contributed by atoms with Crippen molar-refractivity contribution in [1.82, 2.24) is 0 Å². The summed E-state index contributed by atoms with van der Waals surface area (Å²) in [6.07, 6.45) is -19.4. The first-order valence-electron chi connectivity index (χ1n) is 5.56. The fourth-order valence-electron chi connectivity index (χ4n) is 1.17. The summed E-state index contributed by atoms with van der Waals surface area (Å²) >= 11 is 0. The van der Waals surface area contributed by atoms with Crippen molar-refractivity contribution in [1.29, 1.82) is 0 Å². The summed E-state index contributed by atoms with van der Waals surface area (Å²) < 4.78 is 225. The predicted molar refractivity (Wildman–Crippen MR) is 47.2 cm³/mol. The molecule has 0 rings (SSSR count). The molecule has 0 aliphatic carbocycles. The van der Waals surface area contributed by atoms with Gasteiger partial charge in [-0.1, -0.05) is 0 Å². The van der Waals surface area contributed by atoms with Gasteiger partial charge in [0.15, 0.2) is 0 Å². The lowest BCUT2D eigenvalue weighted by molar-refractivity contribution is -0.470. The molecule has 0 unspecified atom stereocenters. The first-order valence-corrected chi connectivity index (χ1v) is 5.56. The van der Waals surface area contributed by atoms with Crippen LogP contribution in [0.3, 0.4) is 0 Å². The van der Waals surface area contributed by atoms with Gasteiger partial charge in [-0.05, 0) is 0 Å². The molecule has 0 aliphatic heterocycles. The van der Waals surface area contributed by atoms with E-state index in [0.29, 0.717) is 0 Å². The van der Waals surface area contributed by atoms with Crippen LogP contribution < -0.4 is 0 Å². The number of hydrogen-bond donors (Lipinski definition) is 0. The highest BCUT2D eigenvalue weighted by molar-refractivity contribution is 5.12. The second-order valence-electron chi connectivity index (χ2n) is 4.52. The van der Waals surface area contributed by atoms with Crippen molar-refractivity contribution in [3.63, 3.8) is 0 Å². The van der Waals surface area contributed by atoms with Crippen molar-refractivity contribution < 1.29 is 83.8 Å². The molecule has 0 fully saturated rings. The molecule has 168 valence electrons. The van der Waals surface area contributed by atoms with E-state index in [-0.39, 0.29) is 0 Å². The van der Waals surface area contributed by atoms with Gasteiger partial charge in [0.2, 0.25) is 0 Å². The zero-order valence-electron chi connectivity index (χ0n) is 11.7. The normalized spacial score (nSPS) is 15.5. The van der Waals surface area contributed by atoms with Gasteiger partial charge < -0.3 is 4.74 Å². The second-order valence-corrected chi connectivity index (χ2v) is 4.52. The summed E-state index contributed by atoms with van der Waals surface area (Å²) in [6, 6.07) is -4.11. The van der Waals surface area contributed by atoms with E-state index in [0.717, 1.165) is 0 Å². The molecule has 0 heterocycles. The topological polar surface area (TPSA) is 9.23 Å². The van der Waals surface area contributed by atoms with E-state index in [4.69, 9.17) is 0 Å². The van der Waals surface area contributed by atoms with Crippen molar-refractivity contribution in [3.05, 3.63) is 12.1 Å². The van der Waals surface area contributed by atoms with Crippen LogP contribution in [0.5, 0.6) is 0 Å². The van der Waals surface area contributed by atoms with Crippen LogP contribution >= 0.6 is 0 Å². The fraction of sp³-hybridized carbons (Fsp3) is 0.778. The third-order valence-corrected chi connectivity index (χ3v) is 2.67.